The Balaban J connectivity index is 1.75. The number of carbonyl (C=O) groups excluding carboxylic acids is 2. The summed E-state index contributed by atoms with van der Waals surface area (Å²) >= 11 is 0. The fraction of sp³-hybridized carbons (Fsp3) is 0.136. The fourth-order valence-corrected chi connectivity index (χ4v) is 3.09. The van der Waals surface area contributed by atoms with Crippen molar-refractivity contribution in [3.05, 3.63) is 94.9 Å². The number of nitrogens with one attached hydrogen (secondary N) is 1. The lowest BCUT2D eigenvalue weighted by molar-refractivity contribution is 0.0950. The van der Waals surface area contributed by atoms with Crippen molar-refractivity contribution in [1.29, 1.82) is 0 Å². The molecular formula is C22H20FN3O3. The Morgan fingerprint density at radius 1 is 1.00 bits per heavy atom. The van der Waals surface area contributed by atoms with E-state index in [0.29, 0.717) is 24.1 Å². The summed E-state index contributed by atoms with van der Waals surface area (Å²) in [5, 5.41) is 12.2. The van der Waals surface area contributed by atoms with Gasteiger partial charge in [-0.1, -0.05) is 24.3 Å². The van der Waals surface area contributed by atoms with Crippen LogP contribution >= 0.6 is 0 Å². The molecule has 29 heavy (non-hydrogen) atoms. The van der Waals surface area contributed by atoms with Crippen LogP contribution in [0.2, 0.25) is 0 Å². The van der Waals surface area contributed by atoms with Gasteiger partial charge in [0.05, 0.1) is 0 Å². The number of carbonyl (C=O) groups is 2. The number of amides is 2. The molecule has 1 heterocycles. The van der Waals surface area contributed by atoms with E-state index in [1.165, 1.54) is 30.5 Å². The van der Waals surface area contributed by atoms with Crippen LogP contribution in [0, 0.1) is 5.82 Å². The molecule has 0 saturated carbocycles. The molecule has 1 unspecified atom stereocenters. The molecule has 1 aromatic heterocycles. The van der Waals surface area contributed by atoms with Gasteiger partial charge in [-0.25, -0.2) is 9.37 Å². The summed E-state index contributed by atoms with van der Waals surface area (Å²) in [6, 6.07) is 15.9. The van der Waals surface area contributed by atoms with E-state index < -0.39 is 5.91 Å². The molecule has 1 atom stereocenters. The molecule has 3 rings (SSSR count). The highest BCUT2D eigenvalue weighted by Crippen LogP contribution is 2.28. The molecule has 2 amide bonds. The molecule has 3 aromatic rings. The largest absolute Gasteiger partial charge is 0.493 e. The van der Waals surface area contributed by atoms with Crippen LogP contribution in [0.3, 0.4) is 0 Å². The van der Waals surface area contributed by atoms with Gasteiger partial charge in [0.1, 0.15) is 5.82 Å². The molecule has 0 aliphatic heterocycles. The zero-order valence-corrected chi connectivity index (χ0v) is 15.5. The predicted molar refractivity (Wildman–Crippen MR) is 106 cm³/mol. The third-order valence-corrected chi connectivity index (χ3v) is 4.60. The van der Waals surface area contributed by atoms with Crippen molar-refractivity contribution in [2.45, 2.75) is 12.3 Å². The maximum Gasteiger partial charge on any atom is 0.251 e. The van der Waals surface area contributed by atoms with Gasteiger partial charge in [-0.05, 0) is 47.9 Å². The predicted octanol–water partition coefficient (Wildman–Crippen LogP) is 2.98. The van der Waals surface area contributed by atoms with Gasteiger partial charge in [-0.3, -0.25) is 9.59 Å². The van der Waals surface area contributed by atoms with Gasteiger partial charge in [0.2, 0.25) is 11.8 Å². The highest BCUT2D eigenvalue weighted by molar-refractivity contribution is 5.94. The second-order valence-electron chi connectivity index (χ2n) is 6.54. The number of aromatic hydroxyl groups is 1. The van der Waals surface area contributed by atoms with E-state index in [0.717, 1.165) is 11.1 Å². The van der Waals surface area contributed by atoms with Crippen LogP contribution in [-0.4, -0.2) is 28.4 Å². The van der Waals surface area contributed by atoms with Crippen molar-refractivity contribution >= 4 is 11.8 Å². The van der Waals surface area contributed by atoms with E-state index in [1.807, 2.05) is 0 Å². The van der Waals surface area contributed by atoms with Gasteiger partial charge < -0.3 is 16.2 Å². The van der Waals surface area contributed by atoms with Crippen molar-refractivity contribution in [3.63, 3.8) is 0 Å². The molecule has 7 heteroatoms. The molecule has 0 aliphatic rings. The molecule has 0 fully saturated rings. The number of hydrogen-bond acceptors (Lipinski definition) is 4. The summed E-state index contributed by atoms with van der Waals surface area (Å²) in [5.41, 5.74) is 7.80. The van der Waals surface area contributed by atoms with Crippen molar-refractivity contribution in [1.82, 2.24) is 10.3 Å². The topological polar surface area (TPSA) is 105 Å². The Bertz CT molecular complexity index is 1000. The number of halogens is 1. The first kappa shape index (κ1) is 20.0. The number of aromatic nitrogens is 1. The van der Waals surface area contributed by atoms with Crippen LogP contribution in [0.1, 0.15) is 44.2 Å². The van der Waals surface area contributed by atoms with E-state index in [2.05, 4.69) is 10.3 Å². The summed E-state index contributed by atoms with van der Waals surface area (Å²) in [6.45, 7) is 0.349. The van der Waals surface area contributed by atoms with Crippen LogP contribution in [-0.2, 0) is 0 Å². The van der Waals surface area contributed by atoms with Gasteiger partial charge >= 0.3 is 0 Å². The third-order valence-electron chi connectivity index (χ3n) is 4.60. The normalized spacial score (nSPS) is 11.6. The second-order valence-corrected chi connectivity index (χ2v) is 6.54. The van der Waals surface area contributed by atoms with Crippen molar-refractivity contribution in [3.8, 4) is 5.88 Å². The Morgan fingerprint density at radius 3 is 2.21 bits per heavy atom. The quantitative estimate of drug-likeness (QED) is 0.574. The SMILES string of the molecule is NC(=O)c1ccc(C(CCNC(=O)c2ccnc(O)c2)c2ccc(F)cc2)cc1. The molecule has 2 aromatic carbocycles. The molecule has 0 aliphatic carbocycles. The summed E-state index contributed by atoms with van der Waals surface area (Å²) in [6.07, 6.45) is 1.90. The van der Waals surface area contributed by atoms with Crippen LogP contribution in [0.15, 0.2) is 66.9 Å². The number of primary amides is 1. The summed E-state index contributed by atoms with van der Waals surface area (Å²) in [4.78, 5) is 27.2. The smallest absolute Gasteiger partial charge is 0.251 e. The lowest BCUT2D eigenvalue weighted by atomic mass is 9.88. The Labute approximate surface area is 167 Å². The Kier molecular flexibility index (Phi) is 6.19. The fourth-order valence-electron chi connectivity index (χ4n) is 3.09. The average Bonchev–Trinajstić information content (AvgIpc) is 2.72. The van der Waals surface area contributed by atoms with E-state index >= 15 is 0 Å². The molecular weight excluding hydrogens is 373 g/mol. The Morgan fingerprint density at radius 2 is 1.62 bits per heavy atom. The van der Waals surface area contributed by atoms with Gasteiger partial charge in [-0.2, -0.15) is 0 Å². The minimum absolute atomic E-state index is 0.122. The van der Waals surface area contributed by atoms with Crippen LogP contribution < -0.4 is 11.1 Å². The summed E-state index contributed by atoms with van der Waals surface area (Å²) in [5.74, 6) is -1.52. The van der Waals surface area contributed by atoms with E-state index in [1.54, 1.807) is 36.4 Å². The highest BCUT2D eigenvalue weighted by atomic mass is 19.1. The first-order chi connectivity index (χ1) is 13.9. The number of hydrogen-bond donors (Lipinski definition) is 3. The molecule has 0 spiro atoms. The third kappa shape index (κ3) is 5.16. The molecule has 0 radical (unpaired) electrons. The van der Waals surface area contributed by atoms with Gasteiger partial charge in [-0.15, -0.1) is 0 Å². The first-order valence-corrected chi connectivity index (χ1v) is 9.02. The summed E-state index contributed by atoms with van der Waals surface area (Å²) < 4.78 is 13.3. The molecule has 6 nitrogen and oxygen atoms in total. The minimum atomic E-state index is -0.511. The first-order valence-electron chi connectivity index (χ1n) is 9.02. The number of nitrogens with two attached hydrogens (primary N) is 1. The van der Waals surface area contributed by atoms with Crippen LogP contribution in [0.25, 0.3) is 0 Å². The minimum Gasteiger partial charge on any atom is -0.493 e. The standard InChI is InChI=1S/C22H20FN3O3/c23-18-7-5-15(6-8-18)19(14-1-3-16(4-2-14)21(24)28)10-12-26-22(29)17-9-11-25-20(27)13-17/h1-9,11,13,19H,10,12H2,(H2,24,28)(H,25,27)(H,26,29). The number of nitrogens with zero attached hydrogens (tertiary/aromatic N) is 1. The summed E-state index contributed by atoms with van der Waals surface area (Å²) in [7, 11) is 0. The maximum absolute atomic E-state index is 13.3. The maximum atomic E-state index is 13.3. The van der Waals surface area contributed by atoms with Crippen LogP contribution in [0.4, 0.5) is 4.39 Å². The van der Waals surface area contributed by atoms with Crippen molar-refractivity contribution < 1.29 is 19.1 Å². The average molecular weight is 393 g/mol. The van der Waals surface area contributed by atoms with E-state index in [-0.39, 0.29) is 23.5 Å². The van der Waals surface area contributed by atoms with E-state index in [4.69, 9.17) is 5.73 Å². The zero-order valence-electron chi connectivity index (χ0n) is 15.5. The molecule has 0 saturated heterocycles. The molecule has 0 bridgehead atoms. The highest BCUT2D eigenvalue weighted by Gasteiger charge is 2.16. The van der Waals surface area contributed by atoms with Crippen LogP contribution in [0.5, 0.6) is 5.88 Å². The molecule has 4 N–H and O–H groups in total. The zero-order chi connectivity index (χ0) is 20.8. The number of pyridine rings is 1. The Hall–Kier alpha value is -3.74. The number of rotatable bonds is 7. The van der Waals surface area contributed by atoms with Crippen molar-refractivity contribution in [2.24, 2.45) is 5.73 Å². The van der Waals surface area contributed by atoms with Crippen molar-refractivity contribution in [2.75, 3.05) is 6.54 Å². The monoisotopic (exact) mass is 393 g/mol. The number of benzene rings is 2. The lowest BCUT2D eigenvalue weighted by Crippen LogP contribution is -2.26. The lowest BCUT2D eigenvalue weighted by Gasteiger charge is -2.19. The molecule has 148 valence electrons. The van der Waals surface area contributed by atoms with E-state index in [9.17, 15) is 19.1 Å². The van der Waals surface area contributed by atoms with Gasteiger partial charge in [0.15, 0.2) is 0 Å². The van der Waals surface area contributed by atoms with Gasteiger partial charge in [0.25, 0.3) is 5.91 Å². The second kappa shape index (κ2) is 8.97. The van der Waals surface area contributed by atoms with Gasteiger partial charge in [0, 0.05) is 35.9 Å².